The van der Waals surface area contributed by atoms with Crippen LogP contribution in [0.3, 0.4) is 0 Å². The molecule has 70 valence electrons. The summed E-state index contributed by atoms with van der Waals surface area (Å²) in [5, 5.41) is 3.12. The average Bonchev–Trinajstić information content (AvgIpc) is 2.17. The Hall–Kier alpha value is -0.610. The fraction of sp³-hybridized carbons (Fsp3) is 0.875. The number of carbonyl (C=O) groups is 1. The van der Waals surface area contributed by atoms with Crippen molar-refractivity contribution in [3.05, 3.63) is 0 Å². The first-order valence-corrected chi connectivity index (χ1v) is 4.18. The Bertz CT molecular complexity index is 164. The maximum Gasteiger partial charge on any atom is 0.339 e. The predicted molar refractivity (Wildman–Crippen MR) is 43.9 cm³/mol. The zero-order chi connectivity index (χ0) is 9.03. The van der Waals surface area contributed by atoms with Crippen molar-refractivity contribution in [2.24, 2.45) is 0 Å². The summed E-state index contributed by atoms with van der Waals surface area (Å²) in [6.07, 6.45) is 0.646. The molecule has 0 aliphatic carbocycles. The van der Waals surface area contributed by atoms with Crippen LogP contribution in [0.25, 0.3) is 0 Å². The molecule has 1 rings (SSSR count). The van der Waals surface area contributed by atoms with Gasteiger partial charge in [0.1, 0.15) is 0 Å². The van der Waals surface area contributed by atoms with Crippen molar-refractivity contribution < 1.29 is 14.3 Å². The molecule has 1 atom stereocenters. The Morgan fingerprint density at radius 3 is 2.92 bits per heavy atom. The summed E-state index contributed by atoms with van der Waals surface area (Å²) in [5.74, 6) is -0.280. The van der Waals surface area contributed by atoms with E-state index in [1.54, 1.807) is 0 Å². The molecule has 4 nitrogen and oxygen atoms in total. The van der Waals surface area contributed by atoms with E-state index in [0.717, 1.165) is 6.54 Å². The highest BCUT2D eigenvalue weighted by Crippen LogP contribution is 2.19. The van der Waals surface area contributed by atoms with Crippen LogP contribution in [0.1, 0.15) is 13.3 Å². The number of nitrogens with one attached hydrogen (secondary N) is 1. The monoisotopic (exact) mass is 173 g/mol. The Morgan fingerprint density at radius 1 is 1.75 bits per heavy atom. The van der Waals surface area contributed by atoms with Crippen molar-refractivity contribution >= 4 is 5.97 Å². The van der Waals surface area contributed by atoms with Gasteiger partial charge in [0.25, 0.3) is 0 Å². The zero-order valence-electron chi connectivity index (χ0n) is 7.55. The lowest BCUT2D eigenvalue weighted by Gasteiger charge is -2.33. The Labute approximate surface area is 72.2 Å². The maximum atomic E-state index is 11.3. The van der Waals surface area contributed by atoms with Crippen LogP contribution in [-0.2, 0) is 14.3 Å². The quantitative estimate of drug-likeness (QED) is 0.594. The van der Waals surface area contributed by atoms with Gasteiger partial charge in [-0.05, 0) is 6.42 Å². The number of hydrogen-bond acceptors (Lipinski definition) is 4. The van der Waals surface area contributed by atoms with E-state index in [9.17, 15) is 4.79 Å². The molecule has 1 fully saturated rings. The second kappa shape index (κ2) is 3.87. The van der Waals surface area contributed by atoms with E-state index in [2.05, 4.69) is 10.1 Å². The molecule has 1 saturated heterocycles. The fourth-order valence-corrected chi connectivity index (χ4v) is 1.35. The third kappa shape index (κ3) is 1.59. The fourth-order valence-electron chi connectivity index (χ4n) is 1.35. The van der Waals surface area contributed by atoms with Crippen LogP contribution in [0.15, 0.2) is 0 Å². The number of esters is 1. The van der Waals surface area contributed by atoms with Crippen molar-refractivity contribution in [3.63, 3.8) is 0 Å². The van der Waals surface area contributed by atoms with Crippen LogP contribution in [0.2, 0.25) is 0 Å². The highest BCUT2D eigenvalue weighted by atomic mass is 16.6. The molecule has 0 amide bonds. The molecule has 1 unspecified atom stereocenters. The highest BCUT2D eigenvalue weighted by molar-refractivity contribution is 5.79. The molecule has 0 saturated carbocycles. The molecule has 0 aromatic heterocycles. The Morgan fingerprint density at radius 2 is 2.50 bits per heavy atom. The van der Waals surface area contributed by atoms with Gasteiger partial charge in [-0.1, -0.05) is 6.92 Å². The van der Waals surface area contributed by atoms with Gasteiger partial charge < -0.3 is 14.8 Å². The van der Waals surface area contributed by atoms with Gasteiger partial charge in [-0.25, -0.2) is 4.79 Å². The van der Waals surface area contributed by atoms with Crippen LogP contribution in [-0.4, -0.2) is 38.4 Å². The molecule has 1 heterocycles. The summed E-state index contributed by atoms with van der Waals surface area (Å²) in [7, 11) is 1.39. The van der Waals surface area contributed by atoms with Crippen molar-refractivity contribution in [2.75, 3.05) is 26.8 Å². The van der Waals surface area contributed by atoms with Gasteiger partial charge in [-0.2, -0.15) is 0 Å². The molecule has 1 aliphatic rings. The maximum absolute atomic E-state index is 11.3. The van der Waals surface area contributed by atoms with E-state index >= 15 is 0 Å². The minimum atomic E-state index is -0.743. The third-order valence-electron chi connectivity index (χ3n) is 2.20. The minimum Gasteiger partial charge on any atom is -0.467 e. The van der Waals surface area contributed by atoms with Crippen LogP contribution in [0.4, 0.5) is 0 Å². The Kier molecular flexibility index (Phi) is 3.05. The van der Waals surface area contributed by atoms with Crippen LogP contribution in [0.5, 0.6) is 0 Å². The smallest absolute Gasteiger partial charge is 0.339 e. The molecule has 0 radical (unpaired) electrons. The average molecular weight is 173 g/mol. The summed E-state index contributed by atoms with van der Waals surface area (Å²) in [6.45, 7) is 3.85. The van der Waals surface area contributed by atoms with Crippen molar-refractivity contribution in [3.8, 4) is 0 Å². The summed E-state index contributed by atoms with van der Waals surface area (Å²) >= 11 is 0. The Balaban J connectivity index is 2.66. The first-order chi connectivity index (χ1) is 5.75. The number of morpholine rings is 1. The van der Waals surface area contributed by atoms with Crippen LogP contribution < -0.4 is 5.32 Å². The summed E-state index contributed by atoms with van der Waals surface area (Å²) in [6, 6.07) is 0. The second-order valence-corrected chi connectivity index (χ2v) is 2.86. The normalized spacial score (nSPS) is 29.8. The largest absolute Gasteiger partial charge is 0.467 e. The van der Waals surface area contributed by atoms with Crippen LogP contribution in [0, 0.1) is 0 Å². The summed E-state index contributed by atoms with van der Waals surface area (Å²) in [5.41, 5.74) is -0.743. The lowest BCUT2D eigenvalue weighted by atomic mass is 9.99. The van der Waals surface area contributed by atoms with Crippen LogP contribution >= 0.6 is 0 Å². The SMILES string of the molecule is CCC1(C(=O)OC)CNCCO1. The topological polar surface area (TPSA) is 47.6 Å². The number of ether oxygens (including phenoxy) is 2. The van der Waals surface area contributed by atoms with Gasteiger partial charge in [-0.3, -0.25) is 0 Å². The van der Waals surface area contributed by atoms with Gasteiger partial charge in [0.15, 0.2) is 5.60 Å². The van der Waals surface area contributed by atoms with E-state index in [0.29, 0.717) is 19.6 Å². The number of rotatable bonds is 2. The van der Waals surface area contributed by atoms with Gasteiger partial charge >= 0.3 is 5.97 Å². The van der Waals surface area contributed by atoms with E-state index < -0.39 is 5.60 Å². The summed E-state index contributed by atoms with van der Waals surface area (Å²) in [4.78, 5) is 11.3. The third-order valence-corrected chi connectivity index (χ3v) is 2.20. The minimum absolute atomic E-state index is 0.280. The first kappa shape index (κ1) is 9.48. The predicted octanol–water partition coefficient (Wildman–Crippen LogP) is -0.0720. The molecule has 0 bridgehead atoms. The highest BCUT2D eigenvalue weighted by Gasteiger charge is 2.40. The van der Waals surface area contributed by atoms with E-state index in [4.69, 9.17) is 4.74 Å². The molecule has 4 heteroatoms. The van der Waals surface area contributed by atoms with Gasteiger partial charge in [0.2, 0.25) is 0 Å². The zero-order valence-corrected chi connectivity index (χ0v) is 7.55. The molecule has 0 aromatic rings. The van der Waals surface area contributed by atoms with E-state index in [1.807, 2.05) is 6.92 Å². The van der Waals surface area contributed by atoms with Crippen molar-refractivity contribution in [2.45, 2.75) is 18.9 Å². The van der Waals surface area contributed by atoms with Crippen molar-refractivity contribution in [1.82, 2.24) is 5.32 Å². The molecular weight excluding hydrogens is 158 g/mol. The molecular formula is C8H15NO3. The molecule has 0 spiro atoms. The molecule has 1 aliphatic heterocycles. The van der Waals surface area contributed by atoms with Gasteiger partial charge in [0, 0.05) is 13.1 Å². The molecule has 12 heavy (non-hydrogen) atoms. The molecule has 1 N–H and O–H groups in total. The van der Waals surface area contributed by atoms with E-state index in [1.165, 1.54) is 7.11 Å². The summed E-state index contributed by atoms with van der Waals surface area (Å²) < 4.78 is 10.1. The van der Waals surface area contributed by atoms with Gasteiger partial charge in [-0.15, -0.1) is 0 Å². The number of hydrogen-bond donors (Lipinski definition) is 1. The van der Waals surface area contributed by atoms with E-state index in [-0.39, 0.29) is 5.97 Å². The standard InChI is InChI=1S/C8H15NO3/c1-3-8(7(10)11-2)6-9-4-5-12-8/h9H,3-6H2,1-2H3. The lowest BCUT2D eigenvalue weighted by molar-refractivity contribution is -0.173. The molecule has 0 aromatic carbocycles. The second-order valence-electron chi connectivity index (χ2n) is 2.86. The number of methoxy groups -OCH3 is 1. The van der Waals surface area contributed by atoms with Crippen molar-refractivity contribution in [1.29, 1.82) is 0 Å². The first-order valence-electron chi connectivity index (χ1n) is 4.18. The van der Waals surface area contributed by atoms with Gasteiger partial charge in [0.05, 0.1) is 13.7 Å². The number of carbonyl (C=O) groups excluding carboxylic acids is 1. The lowest BCUT2D eigenvalue weighted by Crippen LogP contribution is -2.55.